The van der Waals surface area contributed by atoms with Gasteiger partial charge in [0, 0.05) is 17.8 Å². The zero-order valence-electron chi connectivity index (χ0n) is 23.9. The number of rotatable bonds is 9. The minimum absolute atomic E-state index is 0.0637. The van der Waals surface area contributed by atoms with E-state index in [4.69, 9.17) is 9.47 Å². The van der Waals surface area contributed by atoms with Crippen LogP contribution in [0.5, 0.6) is 11.5 Å². The van der Waals surface area contributed by atoms with Crippen molar-refractivity contribution in [2.24, 2.45) is 11.3 Å². The van der Waals surface area contributed by atoms with Crippen LogP contribution in [0.25, 0.3) is 0 Å². The van der Waals surface area contributed by atoms with Gasteiger partial charge in [-0.15, -0.1) is 0 Å². The van der Waals surface area contributed by atoms with Crippen molar-refractivity contribution in [2.45, 2.75) is 74.4 Å². The summed E-state index contributed by atoms with van der Waals surface area (Å²) in [7, 11) is -4.37. The first-order valence-electron chi connectivity index (χ1n) is 13.9. The molecule has 2 aliphatic carbocycles. The summed E-state index contributed by atoms with van der Waals surface area (Å²) >= 11 is 0. The fraction of sp³-hybridized carbons (Fsp3) is 0.483. The molecule has 2 aromatic carbocycles. The number of carbonyl (C=O) groups excluding carboxylic acids is 2. The second kappa shape index (κ2) is 12.6. The predicted octanol–water partition coefficient (Wildman–Crippen LogP) is 5.08. The number of methoxy groups -OCH3 is 1. The highest BCUT2D eigenvalue weighted by Crippen LogP contribution is 2.39. The highest BCUT2D eigenvalue weighted by molar-refractivity contribution is 7.92. The Kier molecular flexibility index (Phi) is 9.47. The van der Waals surface area contributed by atoms with Gasteiger partial charge in [0.25, 0.3) is 15.7 Å². The highest BCUT2D eigenvalue weighted by Gasteiger charge is 2.47. The number of alkyl halides is 3. The van der Waals surface area contributed by atoms with E-state index in [1.54, 1.807) is 6.92 Å². The Bertz CT molecular complexity index is 1540. The van der Waals surface area contributed by atoms with Gasteiger partial charge in [0.1, 0.15) is 5.75 Å². The van der Waals surface area contributed by atoms with Crippen molar-refractivity contribution >= 4 is 33.3 Å². The molecule has 0 radical (unpaired) electrons. The molecule has 2 atom stereocenters. The first-order chi connectivity index (χ1) is 20.6. The Labute approximate surface area is 251 Å². The number of halogens is 4. The number of ether oxygens (including phenoxy) is 2. The number of hydrogen-bond acceptors (Lipinski definition) is 7. The number of hydrogen-bond donors (Lipinski definition) is 3. The Morgan fingerprint density at radius 1 is 1.02 bits per heavy atom. The van der Waals surface area contributed by atoms with Gasteiger partial charge in [0.2, 0.25) is 5.91 Å². The normalized spacial score (nSPS) is 23.9. The van der Waals surface area contributed by atoms with Crippen molar-refractivity contribution in [2.75, 3.05) is 12.4 Å². The molecule has 0 aliphatic heterocycles. The molecular weight excluding hydrogens is 612 g/mol. The van der Waals surface area contributed by atoms with E-state index in [9.17, 15) is 45.5 Å². The standard InChI is InChI=1S/C29H32F4N2O8S/c1-28(27(38)39)11-9-17(10-12-28)43-24-14-20(23(42-2)15-21(24)30)26(37)35-22-8-4-7-19(22)25(36)34-16-5-3-6-18(13-16)44(40,41)29(31,32)33/h3,5-6,13-15,17,19,22H,4,7-12H2,1-2H3,(H,34,36)(H,35,37)(H,38,39)/t17-,19-,22+,28+/m0/s1. The van der Waals surface area contributed by atoms with E-state index in [2.05, 4.69) is 10.6 Å². The molecule has 2 aromatic rings. The van der Waals surface area contributed by atoms with Crippen LogP contribution < -0.4 is 20.1 Å². The number of amides is 2. The van der Waals surface area contributed by atoms with E-state index in [0.29, 0.717) is 51.0 Å². The third-order valence-corrected chi connectivity index (χ3v) is 9.71. The summed E-state index contributed by atoms with van der Waals surface area (Å²) in [5, 5.41) is 14.6. The minimum Gasteiger partial charge on any atom is -0.496 e. The van der Waals surface area contributed by atoms with Gasteiger partial charge in [-0.2, -0.15) is 13.2 Å². The molecule has 10 nitrogen and oxygen atoms in total. The molecule has 0 unspecified atom stereocenters. The van der Waals surface area contributed by atoms with Gasteiger partial charge in [-0.1, -0.05) is 12.5 Å². The second-order valence-electron chi connectivity index (χ2n) is 11.2. The van der Waals surface area contributed by atoms with Gasteiger partial charge in [-0.05, 0) is 69.7 Å². The molecule has 2 fully saturated rings. The third-order valence-electron chi connectivity index (χ3n) is 8.23. The van der Waals surface area contributed by atoms with Gasteiger partial charge < -0.3 is 25.2 Å². The average molecular weight is 645 g/mol. The number of aliphatic carboxylic acids is 1. The van der Waals surface area contributed by atoms with E-state index < -0.39 is 67.3 Å². The molecule has 3 N–H and O–H groups in total. The number of carboxylic acids is 1. The molecule has 2 aliphatic rings. The molecule has 0 heterocycles. The molecule has 44 heavy (non-hydrogen) atoms. The van der Waals surface area contributed by atoms with Crippen LogP contribution in [0.2, 0.25) is 0 Å². The fourth-order valence-electron chi connectivity index (χ4n) is 5.51. The highest BCUT2D eigenvalue weighted by atomic mass is 32.2. The number of anilines is 1. The molecular formula is C29H32F4N2O8S. The van der Waals surface area contributed by atoms with Gasteiger partial charge in [-0.3, -0.25) is 14.4 Å². The summed E-state index contributed by atoms with van der Waals surface area (Å²) in [6, 6.07) is 5.28. The molecule has 2 saturated carbocycles. The van der Waals surface area contributed by atoms with E-state index in [1.807, 2.05) is 0 Å². The van der Waals surface area contributed by atoms with E-state index in [-0.39, 0.29) is 22.7 Å². The van der Waals surface area contributed by atoms with Crippen LogP contribution in [0.4, 0.5) is 23.2 Å². The van der Waals surface area contributed by atoms with Crippen molar-refractivity contribution in [1.82, 2.24) is 5.32 Å². The second-order valence-corrected chi connectivity index (χ2v) is 13.2. The van der Waals surface area contributed by atoms with Crippen molar-refractivity contribution in [3.05, 3.63) is 47.8 Å². The molecule has 240 valence electrons. The zero-order valence-corrected chi connectivity index (χ0v) is 24.7. The lowest BCUT2D eigenvalue weighted by molar-refractivity contribution is -0.150. The van der Waals surface area contributed by atoms with Crippen LogP contribution in [0.15, 0.2) is 41.3 Å². The van der Waals surface area contributed by atoms with E-state index in [1.165, 1.54) is 19.2 Å². The first kappa shape index (κ1) is 33.0. The summed E-state index contributed by atoms with van der Waals surface area (Å²) in [5.41, 5.74) is -6.63. The van der Waals surface area contributed by atoms with Gasteiger partial charge >= 0.3 is 11.5 Å². The summed E-state index contributed by atoms with van der Waals surface area (Å²) < 4.78 is 88.3. The molecule has 0 saturated heterocycles. The average Bonchev–Trinajstić information content (AvgIpc) is 3.42. The van der Waals surface area contributed by atoms with Gasteiger partial charge in [0.15, 0.2) is 11.6 Å². The summed E-state index contributed by atoms with van der Waals surface area (Å²) in [6.45, 7) is 1.65. The van der Waals surface area contributed by atoms with Gasteiger partial charge in [0.05, 0.1) is 35.0 Å². The molecule has 0 bridgehead atoms. The molecule has 4 rings (SSSR count). The maximum absolute atomic E-state index is 14.9. The summed E-state index contributed by atoms with van der Waals surface area (Å²) in [6.07, 6.45) is 2.23. The van der Waals surface area contributed by atoms with Crippen LogP contribution >= 0.6 is 0 Å². The topological polar surface area (TPSA) is 148 Å². The maximum Gasteiger partial charge on any atom is 0.501 e. The van der Waals surface area contributed by atoms with E-state index >= 15 is 0 Å². The largest absolute Gasteiger partial charge is 0.501 e. The lowest BCUT2D eigenvalue weighted by Gasteiger charge is -2.34. The Morgan fingerprint density at radius 2 is 1.70 bits per heavy atom. The van der Waals surface area contributed by atoms with Crippen molar-refractivity contribution in [1.29, 1.82) is 0 Å². The van der Waals surface area contributed by atoms with Crippen molar-refractivity contribution in [3.8, 4) is 11.5 Å². The number of nitrogens with one attached hydrogen (secondary N) is 2. The Balaban J connectivity index is 1.46. The van der Waals surface area contributed by atoms with Crippen LogP contribution in [-0.2, 0) is 19.4 Å². The smallest absolute Gasteiger partial charge is 0.496 e. The Hall–Kier alpha value is -3.88. The van der Waals surface area contributed by atoms with Crippen molar-refractivity contribution < 1.29 is 54.9 Å². The number of carbonyl (C=O) groups is 3. The maximum atomic E-state index is 14.9. The lowest BCUT2D eigenvalue weighted by atomic mass is 9.75. The minimum atomic E-state index is -5.62. The predicted molar refractivity (Wildman–Crippen MR) is 148 cm³/mol. The number of benzene rings is 2. The number of carboxylic acid groups (broad SMARTS) is 1. The molecule has 0 spiro atoms. The van der Waals surface area contributed by atoms with Crippen LogP contribution in [0.1, 0.15) is 62.2 Å². The lowest BCUT2D eigenvalue weighted by Crippen LogP contribution is -2.42. The summed E-state index contributed by atoms with van der Waals surface area (Å²) in [5.74, 6) is -4.10. The quantitative estimate of drug-likeness (QED) is 0.321. The molecule has 2 amide bonds. The SMILES string of the molecule is COc1cc(F)c(O[C@H]2CC[C@@](C)(C(=O)O)CC2)cc1C(=O)N[C@@H]1CCC[C@@H]1C(=O)Nc1cccc(S(=O)(=O)C(F)(F)F)c1. The van der Waals surface area contributed by atoms with E-state index in [0.717, 1.165) is 18.2 Å². The number of sulfone groups is 1. The van der Waals surface area contributed by atoms with Crippen LogP contribution in [0, 0.1) is 17.2 Å². The molecule has 0 aromatic heterocycles. The zero-order chi connectivity index (χ0) is 32.4. The van der Waals surface area contributed by atoms with Crippen LogP contribution in [-0.4, -0.2) is 56.1 Å². The monoisotopic (exact) mass is 644 g/mol. The van der Waals surface area contributed by atoms with Gasteiger partial charge in [-0.25, -0.2) is 12.8 Å². The first-order valence-corrected chi connectivity index (χ1v) is 15.3. The summed E-state index contributed by atoms with van der Waals surface area (Å²) in [4.78, 5) is 36.9. The van der Waals surface area contributed by atoms with Crippen molar-refractivity contribution in [3.63, 3.8) is 0 Å². The molecule has 15 heteroatoms. The van der Waals surface area contributed by atoms with Crippen LogP contribution in [0.3, 0.4) is 0 Å². The fourth-order valence-corrected chi connectivity index (χ4v) is 6.32. The third kappa shape index (κ3) is 6.92. The Morgan fingerprint density at radius 3 is 2.32 bits per heavy atom.